The fourth-order valence-electron chi connectivity index (χ4n) is 8.22. The maximum Gasteiger partial charge on any atom is 0.249 e. The molecule has 4 atom stereocenters. The van der Waals surface area contributed by atoms with Crippen LogP contribution in [0, 0.1) is 0 Å². The molecule has 62 heavy (non-hydrogen) atoms. The molecular weight excluding hydrogens is 767 g/mol. The Morgan fingerprint density at radius 3 is 1.15 bits per heavy atom. The van der Waals surface area contributed by atoms with E-state index in [-0.39, 0.29) is 0 Å². The van der Waals surface area contributed by atoms with E-state index in [1.54, 1.807) is 0 Å². The zero-order valence-corrected chi connectivity index (χ0v) is 41.1. The Morgan fingerprint density at radius 2 is 0.726 bits per heavy atom. The topological polar surface area (TPSA) is 110 Å². The van der Waals surface area contributed by atoms with Gasteiger partial charge in [0.2, 0.25) is 5.91 Å². The number of carbonyl (C=O) groups is 1. The normalized spacial score (nSPS) is 14.2. The van der Waals surface area contributed by atoms with E-state index < -0.39 is 36.9 Å². The molecule has 0 bridgehead atoms. The number of aliphatic hydroxyl groups excluding tert-OH is 4. The first-order valence-electron chi connectivity index (χ1n) is 27.0. The minimum Gasteiger partial charge on any atom is -0.394 e. The van der Waals surface area contributed by atoms with Gasteiger partial charge in [0, 0.05) is 0 Å². The van der Waals surface area contributed by atoms with E-state index >= 15 is 0 Å². The lowest BCUT2D eigenvalue weighted by molar-refractivity contribution is -0.132. The molecule has 4 unspecified atom stereocenters. The molecule has 0 rings (SSSR count). The quantitative estimate of drug-likeness (QED) is 0.0309. The van der Waals surface area contributed by atoms with Crippen LogP contribution in [0.15, 0.2) is 48.6 Å². The molecule has 0 aliphatic heterocycles. The molecule has 6 heteroatoms. The maximum atomic E-state index is 12.5. The van der Waals surface area contributed by atoms with Crippen LogP contribution >= 0.6 is 0 Å². The highest BCUT2D eigenvalue weighted by atomic mass is 16.3. The molecular formula is C56H105NO5. The van der Waals surface area contributed by atoms with Crippen molar-refractivity contribution in [3.8, 4) is 0 Å². The fraction of sp³-hybridized carbons (Fsp3) is 0.839. The first-order valence-corrected chi connectivity index (χ1v) is 27.0. The van der Waals surface area contributed by atoms with Crippen LogP contribution in [0.1, 0.15) is 271 Å². The molecule has 0 fully saturated rings. The zero-order chi connectivity index (χ0) is 45.2. The van der Waals surface area contributed by atoms with Crippen molar-refractivity contribution in [1.82, 2.24) is 5.32 Å². The van der Waals surface area contributed by atoms with Crippen molar-refractivity contribution in [3.63, 3.8) is 0 Å². The van der Waals surface area contributed by atoms with Gasteiger partial charge in [-0.2, -0.15) is 0 Å². The summed E-state index contributed by atoms with van der Waals surface area (Å²) >= 11 is 0. The molecule has 364 valence electrons. The second kappa shape index (κ2) is 50.3. The summed E-state index contributed by atoms with van der Waals surface area (Å²) in [6, 6.07) is -1.01. The number of aliphatic hydroxyl groups is 4. The van der Waals surface area contributed by atoms with Crippen molar-refractivity contribution in [2.45, 2.75) is 295 Å². The Balaban J connectivity index is 3.58. The number of hydrogen-bond donors (Lipinski definition) is 5. The number of amides is 1. The van der Waals surface area contributed by atoms with Gasteiger partial charge in [0.1, 0.15) is 12.2 Å². The van der Waals surface area contributed by atoms with Gasteiger partial charge in [0.25, 0.3) is 0 Å². The van der Waals surface area contributed by atoms with Crippen molar-refractivity contribution in [1.29, 1.82) is 0 Å². The Kier molecular flexibility index (Phi) is 48.9. The van der Waals surface area contributed by atoms with Gasteiger partial charge in [0.05, 0.1) is 18.8 Å². The lowest BCUT2D eigenvalue weighted by Gasteiger charge is -2.27. The van der Waals surface area contributed by atoms with Crippen molar-refractivity contribution in [2.24, 2.45) is 0 Å². The molecule has 0 aliphatic rings. The van der Waals surface area contributed by atoms with E-state index in [1.165, 1.54) is 186 Å². The average molecular weight is 872 g/mol. The fourth-order valence-corrected chi connectivity index (χ4v) is 8.22. The number of nitrogens with one attached hydrogen (secondary N) is 1. The molecule has 0 heterocycles. The highest BCUT2D eigenvalue weighted by Gasteiger charge is 2.28. The van der Waals surface area contributed by atoms with E-state index in [0.29, 0.717) is 19.3 Å². The summed E-state index contributed by atoms with van der Waals surface area (Å²) in [5, 5.41) is 43.7. The molecule has 0 spiro atoms. The lowest BCUT2D eigenvalue weighted by atomic mass is 10.00. The Labute approximate surface area is 385 Å². The predicted molar refractivity (Wildman–Crippen MR) is 270 cm³/mol. The predicted octanol–water partition coefficient (Wildman–Crippen LogP) is 15.4. The first kappa shape index (κ1) is 60.3. The van der Waals surface area contributed by atoms with E-state index in [4.69, 9.17) is 0 Å². The Bertz CT molecular complexity index is 1020. The van der Waals surface area contributed by atoms with Crippen molar-refractivity contribution in [2.75, 3.05) is 6.61 Å². The largest absolute Gasteiger partial charge is 0.394 e. The number of allylic oxidation sites excluding steroid dienone is 8. The highest BCUT2D eigenvalue weighted by molar-refractivity contribution is 5.80. The van der Waals surface area contributed by atoms with Crippen LogP contribution in [0.2, 0.25) is 0 Å². The molecule has 0 saturated heterocycles. The van der Waals surface area contributed by atoms with Gasteiger partial charge in [-0.3, -0.25) is 4.79 Å². The van der Waals surface area contributed by atoms with Gasteiger partial charge in [-0.25, -0.2) is 0 Å². The third-order valence-electron chi connectivity index (χ3n) is 12.5. The molecule has 0 saturated carbocycles. The summed E-state index contributed by atoms with van der Waals surface area (Å²) in [4.78, 5) is 12.5. The van der Waals surface area contributed by atoms with E-state index in [1.807, 2.05) is 0 Å². The number of unbranched alkanes of at least 4 members (excludes halogenated alkanes) is 32. The number of rotatable bonds is 49. The second-order valence-electron chi connectivity index (χ2n) is 18.6. The van der Waals surface area contributed by atoms with Gasteiger partial charge in [-0.15, -0.1) is 0 Å². The average Bonchev–Trinajstić information content (AvgIpc) is 3.28. The van der Waals surface area contributed by atoms with Crippen molar-refractivity contribution in [3.05, 3.63) is 48.6 Å². The van der Waals surface area contributed by atoms with Crippen LogP contribution in [-0.4, -0.2) is 57.3 Å². The first-order chi connectivity index (χ1) is 30.5. The molecule has 0 aromatic carbocycles. The van der Waals surface area contributed by atoms with Gasteiger partial charge in [0.15, 0.2) is 0 Å². The van der Waals surface area contributed by atoms with Crippen LogP contribution in [0.25, 0.3) is 0 Å². The Hall–Kier alpha value is -1.73. The summed E-state index contributed by atoms with van der Waals surface area (Å²) < 4.78 is 0. The molecule has 1 amide bonds. The van der Waals surface area contributed by atoms with Crippen molar-refractivity contribution < 1.29 is 25.2 Å². The van der Waals surface area contributed by atoms with E-state index in [9.17, 15) is 25.2 Å². The Morgan fingerprint density at radius 1 is 0.403 bits per heavy atom. The minimum absolute atomic E-state index is 0.360. The zero-order valence-electron chi connectivity index (χ0n) is 41.1. The summed E-state index contributed by atoms with van der Waals surface area (Å²) in [6.07, 6.45) is 63.4. The smallest absolute Gasteiger partial charge is 0.249 e. The second-order valence-corrected chi connectivity index (χ2v) is 18.6. The summed E-state index contributed by atoms with van der Waals surface area (Å²) in [5.74, 6) is -0.598. The van der Waals surface area contributed by atoms with Crippen molar-refractivity contribution >= 4 is 5.91 Å². The SMILES string of the molecule is CCCCC/C=C/CC/C=C/CCCC(O)C(O)C(CO)NC(=O)C(O)CCCCCCCCCCCCCCCCCC/C=C\C/C=C\CCCCCCCCCCCCC. The molecule has 0 aliphatic carbocycles. The van der Waals surface area contributed by atoms with Crippen LogP contribution in [0.5, 0.6) is 0 Å². The van der Waals surface area contributed by atoms with Crippen LogP contribution < -0.4 is 5.32 Å². The van der Waals surface area contributed by atoms with E-state index in [2.05, 4.69) is 67.8 Å². The molecule has 6 nitrogen and oxygen atoms in total. The third-order valence-corrected chi connectivity index (χ3v) is 12.5. The number of hydrogen-bond acceptors (Lipinski definition) is 5. The van der Waals surface area contributed by atoms with E-state index in [0.717, 1.165) is 51.4 Å². The summed E-state index contributed by atoms with van der Waals surface area (Å²) in [5.41, 5.74) is 0. The number of carbonyl (C=O) groups excluding carboxylic acids is 1. The molecule has 0 aromatic rings. The van der Waals surface area contributed by atoms with Gasteiger partial charge in [-0.05, 0) is 83.5 Å². The van der Waals surface area contributed by atoms with Crippen LogP contribution in [0.3, 0.4) is 0 Å². The van der Waals surface area contributed by atoms with Gasteiger partial charge < -0.3 is 25.7 Å². The summed E-state index contributed by atoms with van der Waals surface area (Å²) in [6.45, 7) is 4.01. The minimum atomic E-state index is -1.29. The summed E-state index contributed by atoms with van der Waals surface area (Å²) in [7, 11) is 0. The third kappa shape index (κ3) is 43.5. The van der Waals surface area contributed by atoms with Gasteiger partial charge in [-0.1, -0.05) is 236 Å². The lowest BCUT2D eigenvalue weighted by Crippen LogP contribution is -2.53. The molecule has 0 radical (unpaired) electrons. The molecule has 0 aromatic heterocycles. The standard InChI is InChI=1S/C56H105NO5/c1-3-5-7-9-11-13-15-17-18-19-20-21-22-23-24-25-26-27-28-29-30-31-32-33-34-35-36-37-38-40-42-44-46-48-50-54(60)56(62)57-52(51-58)55(61)53(59)49-47-45-43-41-39-16-14-12-10-8-6-4-2/h12,14,22-23,25-26,41,43,52-55,58-61H,3-11,13,15-21,24,27-40,42,44-51H2,1-2H3,(H,57,62)/b14-12+,23-22-,26-25-,43-41+. The molecule has 5 N–H and O–H groups in total. The van der Waals surface area contributed by atoms with Crippen LogP contribution in [-0.2, 0) is 4.79 Å². The monoisotopic (exact) mass is 872 g/mol. The highest BCUT2D eigenvalue weighted by Crippen LogP contribution is 2.17. The maximum absolute atomic E-state index is 12.5. The van der Waals surface area contributed by atoms with Gasteiger partial charge >= 0.3 is 0 Å². The van der Waals surface area contributed by atoms with Crippen LogP contribution in [0.4, 0.5) is 0 Å².